The molecule has 2 saturated heterocycles. The quantitative estimate of drug-likeness (QED) is 0.831. The van der Waals surface area contributed by atoms with Gasteiger partial charge < -0.3 is 9.64 Å². The van der Waals surface area contributed by atoms with Crippen LogP contribution < -0.4 is 5.32 Å². The lowest BCUT2D eigenvalue weighted by Crippen LogP contribution is -2.46. The standard InChI is InChI=1S/C24H26ClN3O/c25-21-9-5-4-8-20(21)24-22(17-27-12-14-29-15-13-27)28-16-19(10-11-23(28)26-24)18-6-2-1-3-7-18/h1-11,16,22-24,26H,12-15,17H2. The fourth-order valence-electron chi connectivity index (χ4n) is 4.56. The van der Waals surface area contributed by atoms with Gasteiger partial charge in [-0.1, -0.05) is 66.2 Å². The Morgan fingerprint density at radius 2 is 1.76 bits per heavy atom. The zero-order valence-electron chi connectivity index (χ0n) is 16.4. The van der Waals surface area contributed by atoms with Gasteiger partial charge in [0.15, 0.2) is 0 Å². The third kappa shape index (κ3) is 3.86. The molecule has 4 nitrogen and oxygen atoms in total. The maximum atomic E-state index is 6.61. The Balaban J connectivity index is 1.48. The van der Waals surface area contributed by atoms with Crippen molar-refractivity contribution in [3.05, 3.63) is 89.1 Å². The highest BCUT2D eigenvalue weighted by Crippen LogP contribution is 2.37. The first-order valence-electron chi connectivity index (χ1n) is 10.3. The summed E-state index contributed by atoms with van der Waals surface area (Å²) < 4.78 is 5.56. The number of rotatable bonds is 4. The second-order valence-electron chi connectivity index (χ2n) is 7.85. The Labute approximate surface area is 177 Å². The number of ether oxygens (including phenoxy) is 1. The minimum atomic E-state index is 0.174. The summed E-state index contributed by atoms with van der Waals surface area (Å²) in [6.45, 7) is 4.57. The molecular formula is C24H26ClN3O. The van der Waals surface area contributed by atoms with Gasteiger partial charge in [-0.25, -0.2) is 0 Å². The van der Waals surface area contributed by atoms with Crippen LogP contribution >= 0.6 is 11.6 Å². The second kappa shape index (κ2) is 8.33. The summed E-state index contributed by atoms with van der Waals surface area (Å²) in [5, 5.41) is 4.64. The molecule has 3 unspecified atom stereocenters. The van der Waals surface area contributed by atoms with Crippen molar-refractivity contribution in [1.29, 1.82) is 0 Å². The summed E-state index contributed by atoms with van der Waals surface area (Å²) in [5.41, 5.74) is 3.66. The smallest absolute Gasteiger partial charge is 0.0994 e. The minimum Gasteiger partial charge on any atom is -0.379 e. The van der Waals surface area contributed by atoms with Gasteiger partial charge in [0.05, 0.1) is 31.5 Å². The van der Waals surface area contributed by atoms with E-state index in [-0.39, 0.29) is 12.2 Å². The molecule has 3 atom stereocenters. The van der Waals surface area contributed by atoms with Gasteiger partial charge in [-0.2, -0.15) is 0 Å². The molecule has 2 aromatic carbocycles. The van der Waals surface area contributed by atoms with Crippen molar-refractivity contribution in [3.63, 3.8) is 0 Å². The summed E-state index contributed by atoms with van der Waals surface area (Å²) in [6, 6.07) is 19.3. The first-order chi connectivity index (χ1) is 14.3. The summed E-state index contributed by atoms with van der Waals surface area (Å²) in [7, 11) is 0. The third-order valence-corrected chi connectivity index (χ3v) is 6.43. The molecule has 5 heteroatoms. The molecule has 3 aliphatic rings. The number of halogens is 1. The lowest BCUT2D eigenvalue weighted by molar-refractivity contribution is 0.0278. The van der Waals surface area contributed by atoms with Gasteiger partial charge in [0.1, 0.15) is 0 Å². The lowest BCUT2D eigenvalue weighted by atomic mass is 9.98. The van der Waals surface area contributed by atoms with Crippen LogP contribution in [0, 0.1) is 0 Å². The van der Waals surface area contributed by atoms with Crippen molar-refractivity contribution in [2.75, 3.05) is 32.8 Å². The average molecular weight is 408 g/mol. The molecule has 3 aliphatic heterocycles. The number of nitrogens with one attached hydrogen (secondary N) is 1. The van der Waals surface area contributed by atoms with E-state index in [0.717, 1.165) is 37.9 Å². The zero-order valence-corrected chi connectivity index (χ0v) is 17.1. The molecule has 2 aromatic rings. The van der Waals surface area contributed by atoms with Gasteiger partial charge in [-0.05, 0) is 28.8 Å². The number of hydrogen-bond donors (Lipinski definition) is 1. The largest absolute Gasteiger partial charge is 0.379 e. The zero-order chi connectivity index (χ0) is 19.6. The predicted molar refractivity (Wildman–Crippen MR) is 118 cm³/mol. The van der Waals surface area contributed by atoms with Crippen LogP contribution in [0.25, 0.3) is 5.57 Å². The third-order valence-electron chi connectivity index (χ3n) is 6.08. The van der Waals surface area contributed by atoms with Gasteiger partial charge in [-0.15, -0.1) is 0 Å². The van der Waals surface area contributed by atoms with Crippen LogP contribution in [0.1, 0.15) is 17.2 Å². The monoisotopic (exact) mass is 407 g/mol. The molecule has 1 N–H and O–H groups in total. The van der Waals surface area contributed by atoms with Crippen molar-refractivity contribution in [2.24, 2.45) is 0 Å². The SMILES string of the molecule is Clc1ccccc1C1NC2C=CC(c3ccccc3)=CN2C1CN1CCOCC1. The maximum absolute atomic E-state index is 6.61. The molecule has 5 rings (SSSR count). The van der Waals surface area contributed by atoms with E-state index in [4.69, 9.17) is 16.3 Å². The van der Waals surface area contributed by atoms with Gasteiger partial charge in [0.25, 0.3) is 0 Å². The van der Waals surface area contributed by atoms with E-state index in [2.05, 4.69) is 75.9 Å². The minimum absolute atomic E-state index is 0.174. The molecule has 0 saturated carbocycles. The van der Waals surface area contributed by atoms with Crippen molar-refractivity contribution in [3.8, 4) is 0 Å². The number of nitrogens with zero attached hydrogens (tertiary/aromatic N) is 2. The van der Waals surface area contributed by atoms with Gasteiger partial charge in [0, 0.05) is 30.9 Å². The second-order valence-corrected chi connectivity index (χ2v) is 8.26. The Bertz CT molecular complexity index is 907. The normalized spacial score (nSPS) is 27.0. The number of benzene rings is 2. The van der Waals surface area contributed by atoms with E-state index in [0.29, 0.717) is 6.04 Å². The maximum Gasteiger partial charge on any atom is 0.0994 e. The van der Waals surface area contributed by atoms with Crippen molar-refractivity contribution < 1.29 is 4.74 Å². The highest BCUT2D eigenvalue weighted by atomic mass is 35.5. The number of hydrogen-bond acceptors (Lipinski definition) is 4. The number of fused-ring (bicyclic) bond motifs is 1. The van der Waals surface area contributed by atoms with E-state index in [9.17, 15) is 0 Å². The lowest BCUT2D eigenvalue weighted by Gasteiger charge is -2.36. The van der Waals surface area contributed by atoms with E-state index >= 15 is 0 Å². The Hall–Kier alpha value is -2.11. The fraction of sp³-hybridized carbons (Fsp3) is 0.333. The van der Waals surface area contributed by atoms with E-state index in [1.165, 1.54) is 16.7 Å². The van der Waals surface area contributed by atoms with Crippen LogP contribution in [-0.4, -0.2) is 54.9 Å². The molecule has 0 bridgehead atoms. The summed E-state index contributed by atoms with van der Waals surface area (Å²) >= 11 is 6.61. The molecule has 0 radical (unpaired) electrons. The highest BCUT2D eigenvalue weighted by molar-refractivity contribution is 6.31. The van der Waals surface area contributed by atoms with Crippen LogP contribution in [-0.2, 0) is 4.74 Å². The molecule has 0 spiro atoms. The van der Waals surface area contributed by atoms with Gasteiger partial charge in [-0.3, -0.25) is 10.2 Å². The molecule has 0 amide bonds. The predicted octanol–water partition coefficient (Wildman–Crippen LogP) is 3.92. The van der Waals surface area contributed by atoms with Crippen LogP contribution in [0.4, 0.5) is 0 Å². The van der Waals surface area contributed by atoms with E-state index in [1.54, 1.807) is 0 Å². The summed E-state index contributed by atoms with van der Waals surface area (Å²) in [4.78, 5) is 4.99. The van der Waals surface area contributed by atoms with Crippen LogP contribution in [0.5, 0.6) is 0 Å². The summed E-state index contributed by atoms with van der Waals surface area (Å²) in [6.07, 6.45) is 6.99. The van der Waals surface area contributed by atoms with Crippen molar-refractivity contribution in [1.82, 2.24) is 15.1 Å². The van der Waals surface area contributed by atoms with Crippen molar-refractivity contribution >= 4 is 17.2 Å². The first kappa shape index (κ1) is 18.9. The number of allylic oxidation sites excluding steroid dienone is 2. The Morgan fingerprint density at radius 1 is 1.00 bits per heavy atom. The number of morpholine rings is 1. The van der Waals surface area contributed by atoms with E-state index in [1.807, 2.05) is 12.1 Å². The topological polar surface area (TPSA) is 27.7 Å². The van der Waals surface area contributed by atoms with Crippen molar-refractivity contribution in [2.45, 2.75) is 18.2 Å². The molecule has 3 heterocycles. The van der Waals surface area contributed by atoms with Crippen LogP contribution in [0.3, 0.4) is 0 Å². The highest BCUT2D eigenvalue weighted by Gasteiger charge is 2.41. The van der Waals surface area contributed by atoms with Crippen LogP contribution in [0.15, 0.2) is 72.9 Å². The summed E-state index contributed by atoms with van der Waals surface area (Å²) in [5.74, 6) is 0. The first-order valence-corrected chi connectivity index (χ1v) is 10.7. The molecule has 0 aliphatic carbocycles. The van der Waals surface area contributed by atoms with Crippen LogP contribution in [0.2, 0.25) is 5.02 Å². The van der Waals surface area contributed by atoms with E-state index < -0.39 is 0 Å². The molecular weight excluding hydrogens is 382 g/mol. The Morgan fingerprint density at radius 3 is 2.55 bits per heavy atom. The average Bonchev–Trinajstić information content (AvgIpc) is 3.13. The molecule has 29 heavy (non-hydrogen) atoms. The molecule has 2 fully saturated rings. The fourth-order valence-corrected chi connectivity index (χ4v) is 4.82. The van der Waals surface area contributed by atoms with Gasteiger partial charge in [0.2, 0.25) is 0 Å². The van der Waals surface area contributed by atoms with Gasteiger partial charge >= 0.3 is 0 Å². The molecule has 0 aromatic heterocycles. The molecule has 150 valence electrons. The Kier molecular flexibility index (Phi) is 5.42.